The van der Waals surface area contributed by atoms with Crippen molar-refractivity contribution >= 4 is 11.8 Å². The van der Waals surface area contributed by atoms with E-state index in [0.717, 1.165) is 11.8 Å². The van der Waals surface area contributed by atoms with Crippen LogP contribution in [0.1, 0.15) is 5.56 Å². The summed E-state index contributed by atoms with van der Waals surface area (Å²) in [4.78, 5) is 1.47. The third-order valence-electron chi connectivity index (χ3n) is 2.15. The van der Waals surface area contributed by atoms with E-state index >= 15 is 0 Å². The summed E-state index contributed by atoms with van der Waals surface area (Å²) in [6, 6.07) is 8.70. The average Bonchev–Trinajstić information content (AvgIpc) is 2.47. The summed E-state index contributed by atoms with van der Waals surface area (Å²) in [5, 5.41) is 3.97. The van der Waals surface area contributed by atoms with Crippen molar-refractivity contribution < 1.29 is 0 Å². The zero-order valence-corrected chi connectivity index (χ0v) is 8.03. The number of nitrogens with one attached hydrogen (secondary N) is 1. The minimum absolute atomic E-state index is 0.743. The lowest BCUT2D eigenvalue weighted by molar-refractivity contribution is 0.748. The van der Waals surface area contributed by atoms with Crippen molar-refractivity contribution in [1.29, 1.82) is 0 Å². The van der Waals surface area contributed by atoms with Crippen LogP contribution in [-0.4, -0.2) is 18.8 Å². The van der Waals surface area contributed by atoms with Crippen molar-refractivity contribution in [3.05, 3.63) is 29.8 Å². The van der Waals surface area contributed by atoms with Gasteiger partial charge in [-0.15, -0.1) is 11.8 Å². The Kier molecular flexibility index (Phi) is 2.38. The third kappa shape index (κ3) is 1.50. The molecule has 0 saturated heterocycles. The Morgan fingerprint density at radius 1 is 1.50 bits per heavy atom. The predicted molar refractivity (Wildman–Crippen MR) is 53.7 cm³/mol. The van der Waals surface area contributed by atoms with Crippen LogP contribution in [0.2, 0.25) is 0 Å². The quantitative estimate of drug-likeness (QED) is 0.744. The fraction of sp³-hybridized carbons (Fsp3) is 0.400. The van der Waals surface area contributed by atoms with Gasteiger partial charge in [0.05, 0.1) is 0 Å². The highest BCUT2D eigenvalue weighted by atomic mass is 32.2. The van der Waals surface area contributed by atoms with Crippen molar-refractivity contribution in [2.45, 2.75) is 16.6 Å². The Labute approximate surface area is 77.6 Å². The summed E-state index contributed by atoms with van der Waals surface area (Å²) >= 11 is 2.00. The number of fused-ring (bicyclic) bond motifs is 1. The molecule has 1 atom stereocenters. The lowest BCUT2D eigenvalue weighted by Crippen LogP contribution is -2.20. The SMILES string of the molecule is CNCC1Cc2ccccc2S1. The number of thioether (sulfide) groups is 1. The second-order valence-electron chi connectivity index (χ2n) is 3.11. The minimum atomic E-state index is 0.743. The van der Waals surface area contributed by atoms with E-state index in [2.05, 4.69) is 29.6 Å². The summed E-state index contributed by atoms with van der Waals surface area (Å²) in [7, 11) is 2.02. The maximum absolute atomic E-state index is 3.22. The van der Waals surface area contributed by atoms with Crippen molar-refractivity contribution in [2.75, 3.05) is 13.6 Å². The summed E-state index contributed by atoms with van der Waals surface area (Å²) < 4.78 is 0. The highest BCUT2D eigenvalue weighted by Crippen LogP contribution is 2.36. The van der Waals surface area contributed by atoms with E-state index in [0.29, 0.717) is 0 Å². The van der Waals surface area contributed by atoms with Gasteiger partial charge in [0.2, 0.25) is 0 Å². The second kappa shape index (κ2) is 3.50. The van der Waals surface area contributed by atoms with Gasteiger partial charge in [0, 0.05) is 16.7 Å². The molecule has 1 aliphatic rings. The van der Waals surface area contributed by atoms with Crippen molar-refractivity contribution in [3.63, 3.8) is 0 Å². The molecule has 12 heavy (non-hydrogen) atoms. The standard InChI is InChI=1S/C10H13NS/c1-11-7-9-6-8-4-2-3-5-10(8)12-9/h2-5,9,11H,6-7H2,1H3. The normalized spacial score (nSPS) is 20.9. The molecule has 0 fully saturated rings. The van der Waals surface area contributed by atoms with E-state index in [4.69, 9.17) is 0 Å². The van der Waals surface area contributed by atoms with Gasteiger partial charge in [0.15, 0.2) is 0 Å². The lowest BCUT2D eigenvalue weighted by Gasteiger charge is -2.05. The molecule has 1 heterocycles. The van der Waals surface area contributed by atoms with E-state index in [1.54, 1.807) is 0 Å². The van der Waals surface area contributed by atoms with Crippen LogP contribution in [0, 0.1) is 0 Å². The van der Waals surface area contributed by atoms with Gasteiger partial charge in [-0.2, -0.15) is 0 Å². The molecule has 0 saturated carbocycles. The molecule has 1 aromatic carbocycles. The van der Waals surface area contributed by atoms with Crippen LogP contribution in [0.25, 0.3) is 0 Å². The van der Waals surface area contributed by atoms with Gasteiger partial charge in [0.25, 0.3) is 0 Å². The molecule has 0 bridgehead atoms. The van der Waals surface area contributed by atoms with Gasteiger partial charge in [-0.05, 0) is 25.1 Å². The molecule has 0 spiro atoms. The van der Waals surface area contributed by atoms with Gasteiger partial charge in [0.1, 0.15) is 0 Å². The first-order valence-electron chi connectivity index (χ1n) is 4.29. The number of rotatable bonds is 2. The fourth-order valence-corrected chi connectivity index (χ4v) is 2.93. The zero-order chi connectivity index (χ0) is 8.39. The Hall–Kier alpha value is -0.470. The molecular formula is C10H13NS. The Balaban J connectivity index is 2.11. The van der Waals surface area contributed by atoms with Crippen molar-refractivity contribution in [1.82, 2.24) is 5.32 Å². The second-order valence-corrected chi connectivity index (χ2v) is 4.45. The van der Waals surface area contributed by atoms with Gasteiger partial charge in [-0.3, -0.25) is 0 Å². The van der Waals surface area contributed by atoms with Gasteiger partial charge in [-0.1, -0.05) is 18.2 Å². The van der Waals surface area contributed by atoms with Crippen molar-refractivity contribution in [2.24, 2.45) is 0 Å². The van der Waals surface area contributed by atoms with Gasteiger partial charge >= 0.3 is 0 Å². The molecule has 2 heteroatoms. The first-order chi connectivity index (χ1) is 5.90. The summed E-state index contributed by atoms with van der Waals surface area (Å²) in [5.41, 5.74) is 1.52. The van der Waals surface area contributed by atoms with Crippen LogP contribution < -0.4 is 5.32 Å². The number of benzene rings is 1. The molecule has 2 rings (SSSR count). The molecule has 0 amide bonds. The lowest BCUT2D eigenvalue weighted by atomic mass is 10.1. The summed E-state index contributed by atoms with van der Waals surface area (Å²) in [6.07, 6.45) is 1.22. The van der Waals surface area contributed by atoms with E-state index in [-0.39, 0.29) is 0 Å². The molecule has 1 N–H and O–H groups in total. The molecule has 1 unspecified atom stereocenters. The first-order valence-corrected chi connectivity index (χ1v) is 5.17. The maximum Gasteiger partial charge on any atom is 0.0260 e. The number of hydrogen-bond donors (Lipinski definition) is 1. The monoisotopic (exact) mass is 179 g/mol. The topological polar surface area (TPSA) is 12.0 Å². The number of hydrogen-bond acceptors (Lipinski definition) is 2. The summed E-state index contributed by atoms with van der Waals surface area (Å²) in [5.74, 6) is 0. The smallest absolute Gasteiger partial charge is 0.0260 e. The van der Waals surface area contributed by atoms with Crippen LogP contribution in [0.3, 0.4) is 0 Å². The molecule has 0 aromatic heterocycles. The first kappa shape index (κ1) is 8.14. The van der Waals surface area contributed by atoms with Crippen LogP contribution in [0.15, 0.2) is 29.2 Å². The van der Waals surface area contributed by atoms with Crippen LogP contribution >= 0.6 is 11.8 Å². The van der Waals surface area contributed by atoms with E-state index < -0.39 is 0 Å². The van der Waals surface area contributed by atoms with E-state index in [1.165, 1.54) is 16.9 Å². The van der Waals surface area contributed by atoms with E-state index in [9.17, 15) is 0 Å². The maximum atomic E-state index is 3.22. The minimum Gasteiger partial charge on any atom is -0.319 e. The Bertz CT molecular complexity index is 247. The highest BCUT2D eigenvalue weighted by Gasteiger charge is 2.20. The van der Waals surface area contributed by atoms with Crippen LogP contribution in [-0.2, 0) is 6.42 Å². The van der Waals surface area contributed by atoms with Crippen LogP contribution in [0.5, 0.6) is 0 Å². The molecule has 1 nitrogen and oxygen atoms in total. The fourth-order valence-electron chi connectivity index (χ4n) is 1.60. The largest absolute Gasteiger partial charge is 0.319 e. The molecular weight excluding hydrogens is 166 g/mol. The highest BCUT2D eigenvalue weighted by molar-refractivity contribution is 8.00. The van der Waals surface area contributed by atoms with Crippen molar-refractivity contribution in [3.8, 4) is 0 Å². The van der Waals surface area contributed by atoms with E-state index in [1.807, 2.05) is 18.8 Å². The van der Waals surface area contributed by atoms with Gasteiger partial charge in [-0.25, -0.2) is 0 Å². The molecule has 1 aliphatic heterocycles. The Morgan fingerprint density at radius 2 is 2.33 bits per heavy atom. The molecule has 64 valence electrons. The van der Waals surface area contributed by atoms with Crippen LogP contribution in [0.4, 0.5) is 0 Å². The third-order valence-corrected chi connectivity index (χ3v) is 3.46. The average molecular weight is 179 g/mol. The molecule has 0 radical (unpaired) electrons. The molecule has 1 aromatic rings. The zero-order valence-electron chi connectivity index (χ0n) is 7.21. The Morgan fingerprint density at radius 3 is 3.08 bits per heavy atom. The molecule has 0 aliphatic carbocycles. The summed E-state index contributed by atoms with van der Waals surface area (Å²) in [6.45, 7) is 1.11. The van der Waals surface area contributed by atoms with Gasteiger partial charge < -0.3 is 5.32 Å². The predicted octanol–water partition coefficient (Wildman–Crippen LogP) is 1.92.